The van der Waals surface area contributed by atoms with E-state index in [9.17, 15) is 4.79 Å². The van der Waals surface area contributed by atoms with Gasteiger partial charge in [-0.1, -0.05) is 0 Å². The van der Waals surface area contributed by atoms with Gasteiger partial charge in [-0.05, 0) is 18.6 Å². The number of furan rings is 1. The van der Waals surface area contributed by atoms with E-state index < -0.39 is 0 Å². The van der Waals surface area contributed by atoms with E-state index in [1.54, 1.807) is 12.3 Å². The van der Waals surface area contributed by atoms with Gasteiger partial charge in [-0.15, -0.1) is 0 Å². The molecule has 0 aromatic carbocycles. The van der Waals surface area contributed by atoms with E-state index in [4.69, 9.17) is 4.42 Å². The van der Waals surface area contributed by atoms with Crippen LogP contribution in [0.2, 0.25) is 0 Å². The Morgan fingerprint density at radius 2 is 2.50 bits per heavy atom. The molecule has 2 rings (SSSR count). The van der Waals surface area contributed by atoms with Crippen LogP contribution in [0.25, 0.3) is 0 Å². The molecule has 0 radical (unpaired) electrons. The lowest BCUT2D eigenvalue weighted by Gasteiger charge is -2.03. The number of hydrogen-bond acceptors (Lipinski definition) is 3. The molecule has 0 saturated carbocycles. The molecule has 0 fully saturated rings. The number of nitrogens with zero attached hydrogens (tertiary/aromatic N) is 2. The monoisotopic (exact) mass is 219 g/mol. The highest BCUT2D eigenvalue weighted by Gasteiger charge is 2.04. The van der Waals surface area contributed by atoms with E-state index in [-0.39, 0.29) is 5.91 Å². The predicted octanol–water partition coefficient (Wildman–Crippen LogP) is 1.30. The molecule has 0 unspecified atom stereocenters. The maximum absolute atomic E-state index is 11.5. The van der Waals surface area contributed by atoms with Crippen LogP contribution in [0.3, 0.4) is 0 Å². The first-order valence-electron chi connectivity index (χ1n) is 5.14. The van der Waals surface area contributed by atoms with E-state index in [0.29, 0.717) is 12.1 Å². The second-order valence-corrected chi connectivity index (χ2v) is 3.39. The SMILES string of the molecule is O=C(NCCCn1cccn1)c1ccoc1. The van der Waals surface area contributed by atoms with Crippen LogP contribution in [0.1, 0.15) is 16.8 Å². The molecule has 0 aliphatic carbocycles. The van der Waals surface area contributed by atoms with Crippen molar-refractivity contribution in [3.8, 4) is 0 Å². The van der Waals surface area contributed by atoms with Crippen LogP contribution in [-0.2, 0) is 6.54 Å². The van der Waals surface area contributed by atoms with Crippen molar-refractivity contribution in [3.63, 3.8) is 0 Å². The Hall–Kier alpha value is -2.04. The van der Waals surface area contributed by atoms with Gasteiger partial charge in [0.15, 0.2) is 0 Å². The molecule has 16 heavy (non-hydrogen) atoms. The van der Waals surface area contributed by atoms with Crippen LogP contribution in [-0.4, -0.2) is 22.2 Å². The molecular weight excluding hydrogens is 206 g/mol. The zero-order chi connectivity index (χ0) is 11.2. The van der Waals surface area contributed by atoms with Crippen molar-refractivity contribution >= 4 is 5.91 Å². The minimum atomic E-state index is -0.103. The average Bonchev–Trinajstić information content (AvgIpc) is 2.96. The van der Waals surface area contributed by atoms with Gasteiger partial charge >= 0.3 is 0 Å². The fourth-order valence-corrected chi connectivity index (χ4v) is 1.37. The maximum Gasteiger partial charge on any atom is 0.254 e. The third-order valence-electron chi connectivity index (χ3n) is 2.19. The number of aromatic nitrogens is 2. The van der Waals surface area contributed by atoms with Gasteiger partial charge < -0.3 is 9.73 Å². The zero-order valence-electron chi connectivity index (χ0n) is 8.80. The number of rotatable bonds is 5. The maximum atomic E-state index is 11.5. The molecule has 1 N–H and O–H groups in total. The van der Waals surface area contributed by atoms with E-state index in [1.807, 2.05) is 16.9 Å². The number of carbonyl (C=O) groups excluding carboxylic acids is 1. The molecule has 2 aromatic rings. The Kier molecular flexibility index (Phi) is 3.38. The van der Waals surface area contributed by atoms with Gasteiger partial charge in [0.2, 0.25) is 0 Å². The molecule has 1 amide bonds. The van der Waals surface area contributed by atoms with Crippen LogP contribution in [0.5, 0.6) is 0 Å². The van der Waals surface area contributed by atoms with Crippen molar-refractivity contribution < 1.29 is 9.21 Å². The summed E-state index contributed by atoms with van der Waals surface area (Å²) < 4.78 is 6.66. The summed E-state index contributed by atoms with van der Waals surface area (Å²) in [4.78, 5) is 11.5. The van der Waals surface area contributed by atoms with Gasteiger partial charge in [0.25, 0.3) is 5.91 Å². The summed E-state index contributed by atoms with van der Waals surface area (Å²) in [6, 6.07) is 3.52. The molecule has 0 saturated heterocycles. The molecule has 5 nitrogen and oxygen atoms in total. The van der Waals surface area contributed by atoms with Crippen LogP contribution >= 0.6 is 0 Å². The second-order valence-electron chi connectivity index (χ2n) is 3.39. The van der Waals surface area contributed by atoms with Crippen molar-refractivity contribution in [1.29, 1.82) is 0 Å². The number of nitrogens with one attached hydrogen (secondary N) is 1. The van der Waals surface area contributed by atoms with E-state index in [2.05, 4.69) is 10.4 Å². The van der Waals surface area contributed by atoms with Crippen molar-refractivity contribution in [1.82, 2.24) is 15.1 Å². The van der Waals surface area contributed by atoms with Gasteiger partial charge in [-0.3, -0.25) is 9.48 Å². The van der Waals surface area contributed by atoms with Crippen molar-refractivity contribution in [2.45, 2.75) is 13.0 Å². The lowest BCUT2D eigenvalue weighted by molar-refractivity contribution is 0.0952. The topological polar surface area (TPSA) is 60.1 Å². The Labute approximate surface area is 93.1 Å². The highest BCUT2D eigenvalue weighted by molar-refractivity contribution is 5.93. The highest BCUT2D eigenvalue weighted by Crippen LogP contribution is 1.99. The summed E-state index contributed by atoms with van der Waals surface area (Å²) in [5, 5.41) is 6.88. The molecule has 0 aliphatic rings. The van der Waals surface area contributed by atoms with Gasteiger partial charge in [0.05, 0.1) is 11.8 Å². The predicted molar refractivity (Wildman–Crippen MR) is 57.9 cm³/mol. The Bertz CT molecular complexity index is 420. The molecule has 2 heterocycles. The second kappa shape index (κ2) is 5.16. The summed E-state index contributed by atoms with van der Waals surface area (Å²) >= 11 is 0. The number of hydrogen-bond donors (Lipinski definition) is 1. The molecule has 0 aliphatic heterocycles. The first-order valence-corrected chi connectivity index (χ1v) is 5.14. The van der Waals surface area contributed by atoms with Crippen LogP contribution < -0.4 is 5.32 Å². The zero-order valence-corrected chi connectivity index (χ0v) is 8.80. The standard InChI is InChI=1S/C11H13N3O2/c15-11(10-3-8-16-9-10)12-4-1-6-14-7-2-5-13-14/h2-3,5,7-9H,1,4,6H2,(H,12,15). The van der Waals surface area contributed by atoms with Gasteiger partial charge in [0, 0.05) is 25.5 Å². The average molecular weight is 219 g/mol. The molecule has 0 spiro atoms. The minimum Gasteiger partial charge on any atom is -0.472 e. The summed E-state index contributed by atoms with van der Waals surface area (Å²) in [6.07, 6.45) is 7.41. The number of aryl methyl sites for hydroxylation is 1. The fourth-order valence-electron chi connectivity index (χ4n) is 1.37. The van der Waals surface area contributed by atoms with Gasteiger partial charge in [0.1, 0.15) is 6.26 Å². The highest BCUT2D eigenvalue weighted by atomic mass is 16.3. The lowest BCUT2D eigenvalue weighted by Crippen LogP contribution is -2.24. The normalized spacial score (nSPS) is 10.2. The van der Waals surface area contributed by atoms with E-state index >= 15 is 0 Å². The van der Waals surface area contributed by atoms with Crippen molar-refractivity contribution in [2.24, 2.45) is 0 Å². The third kappa shape index (κ3) is 2.73. The van der Waals surface area contributed by atoms with Crippen molar-refractivity contribution in [3.05, 3.63) is 42.6 Å². The molecule has 2 aromatic heterocycles. The van der Waals surface area contributed by atoms with Gasteiger partial charge in [-0.25, -0.2) is 0 Å². The number of amides is 1. The minimum absolute atomic E-state index is 0.103. The van der Waals surface area contributed by atoms with E-state index in [1.165, 1.54) is 12.5 Å². The Balaban J connectivity index is 1.67. The van der Waals surface area contributed by atoms with Crippen LogP contribution in [0.15, 0.2) is 41.5 Å². The lowest BCUT2D eigenvalue weighted by atomic mass is 10.3. The molecule has 0 atom stereocenters. The molecule has 0 bridgehead atoms. The fraction of sp³-hybridized carbons (Fsp3) is 0.273. The molecule has 5 heteroatoms. The van der Waals surface area contributed by atoms with Crippen LogP contribution in [0, 0.1) is 0 Å². The summed E-state index contributed by atoms with van der Waals surface area (Å²) in [5.74, 6) is -0.103. The molecule has 84 valence electrons. The first kappa shape index (κ1) is 10.5. The first-order chi connectivity index (χ1) is 7.86. The van der Waals surface area contributed by atoms with Crippen molar-refractivity contribution in [2.75, 3.05) is 6.54 Å². The summed E-state index contributed by atoms with van der Waals surface area (Å²) in [7, 11) is 0. The Morgan fingerprint density at radius 1 is 1.56 bits per heavy atom. The number of carbonyl (C=O) groups is 1. The van der Waals surface area contributed by atoms with Crippen LogP contribution in [0.4, 0.5) is 0 Å². The summed E-state index contributed by atoms with van der Waals surface area (Å²) in [6.45, 7) is 1.43. The quantitative estimate of drug-likeness (QED) is 0.771. The molecular formula is C11H13N3O2. The van der Waals surface area contributed by atoms with Gasteiger partial charge in [-0.2, -0.15) is 5.10 Å². The summed E-state index contributed by atoms with van der Waals surface area (Å²) in [5.41, 5.74) is 0.555. The van der Waals surface area contributed by atoms with E-state index in [0.717, 1.165) is 13.0 Å². The Morgan fingerprint density at radius 3 is 3.19 bits per heavy atom. The smallest absolute Gasteiger partial charge is 0.254 e. The third-order valence-corrected chi connectivity index (χ3v) is 2.19. The largest absolute Gasteiger partial charge is 0.472 e.